The van der Waals surface area contributed by atoms with Crippen molar-refractivity contribution in [2.24, 2.45) is 0 Å². The number of hydrogen-bond acceptors (Lipinski definition) is 7. The van der Waals surface area contributed by atoms with Gasteiger partial charge < -0.3 is 14.2 Å². The second-order valence-electron chi connectivity index (χ2n) is 6.79. The summed E-state index contributed by atoms with van der Waals surface area (Å²) in [6.45, 7) is 0.129. The summed E-state index contributed by atoms with van der Waals surface area (Å²) >= 11 is 0. The number of ether oxygens (including phenoxy) is 1. The summed E-state index contributed by atoms with van der Waals surface area (Å²) in [5, 5.41) is 14.8. The van der Waals surface area contributed by atoms with Crippen LogP contribution in [0.2, 0.25) is 0 Å². The Labute approximate surface area is 182 Å². The molecule has 0 aliphatic heterocycles. The fourth-order valence-electron chi connectivity index (χ4n) is 2.85. The molecule has 0 spiro atoms. The Morgan fingerprint density at radius 3 is 2.39 bits per heavy atom. The van der Waals surface area contributed by atoms with E-state index >= 15 is 0 Å². The Bertz CT molecular complexity index is 1350. The van der Waals surface area contributed by atoms with Gasteiger partial charge in [-0.25, -0.2) is 0 Å². The molecule has 0 radical (unpaired) electrons. The average Bonchev–Trinajstić information content (AvgIpc) is 3.28. The predicted molar refractivity (Wildman–Crippen MR) is 108 cm³/mol. The van der Waals surface area contributed by atoms with E-state index in [0.29, 0.717) is 11.3 Å². The van der Waals surface area contributed by atoms with Gasteiger partial charge >= 0.3 is 17.4 Å². The molecule has 33 heavy (non-hydrogen) atoms. The van der Waals surface area contributed by atoms with E-state index in [0.717, 1.165) is 23.8 Å². The third-order valence-corrected chi connectivity index (χ3v) is 4.55. The number of nitrogens with one attached hydrogen (secondary N) is 1. The van der Waals surface area contributed by atoms with Gasteiger partial charge in [0.25, 0.3) is 5.89 Å². The van der Waals surface area contributed by atoms with Crippen LogP contribution in [0.15, 0.2) is 70.1 Å². The molecule has 2 aromatic heterocycles. The number of alkyl halides is 3. The first-order chi connectivity index (χ1) is 15.7. The molecule has 2 aromatic carbocycles. The SMILES string of the molecule is O=c1[nH]cc(-c2nc(-c3ccc(COc4ccc(C(F)(F)F)cc4)cc3)no2)cc1[N+](=O)[O-]. The Balaban J connectivity index is 1.44. The summed E-state index contributed by atoms with van der Waals surface area (Å²) < 4.78 is 48.5. The Hall–Kier alpha value is -4.48. The molecule has 0 unspecified atom stereocenters. The number of H-pyrrole nitrogens is 1. The largest absolute Gasteiger partial charge is 0.489 e. The molecule has 0 fully saturated rings. The maximum absolute atomic E-state index is 12.6. The number of benzene rings is 2. The van der Waals surface area contributed by atoms with E-state index in [1.54, 1.807) is 24.3 Å². The Morgan fingerprint density at radius 2 is 1.76 bits per heavy atom. The Morgan fingerprint density at radius 1 is 1.06 bits per heavy atom. The third kappa shape index (κ3) is 4.89. The van der Waals surface area contributed by atoms with Crippen LogP contribution in [0, 0.1) is 10.1 Å². The third-order valence-electron chi connectivity index (χ3n) is 4.55. The lowest BCUT2D eigenvalue weighted by Gasteiger charge is -2.09. The van der Waals surface area contributed by atoms with Crippen LogP contribution in [0.25, 0.3) is 22.8 Å². The first-order valence-electron chi connectivity index (χ1n) is 9.31. The lowest BCUT2D eigenvalue weighted by molar-refractivity contribution is -0.386. The number of halogens is 3. The van der Waals surface area contributed by atoms with E-state index in [4.69, 9.17) is 9.26 Å². The minimum absolute atomic E-state index is 0.0148. The molecule has 0 saturated carbocycles. The van der Waals surface area contributed by atoms with Gasteiger partial charge in [-0.2, -0.15) is 18.2 Å². The fraction of sp³-hybridized carbons (Fsp3) is 0.0952. The standard InChI is InChI=1S/C21H13F3N4O5/c22-21(23,24)15-5-7-16(8-6-15)32-11-12-1-3-13(4-2-12)18-26-20(33-27-18)14-9-17(28(30)31)19(29)25-10-14/h1-10H,11H2,(H,25,29). The van der Waals surface area contributed by atoms with Gasteiger partial charge in [-0.05, 0) is 29.8 Å². The first-order valence-corrected chi connectivity index (χ1v) is 9.31. The van der Waals surface area contributed by atoms with Crippen molar-refractivity contribution >= 4 is 5.69 Å². The van der Waals surface area contributed by atoms with Crippen molar-refractivity contribution < 1.29 is 27.4 Å². The van der Waals surface area contributed by atoms with Crippen LogP contribution >= 0.6 is 0 Å². The second kappa shape index (κ2) is 8.57. The van der Waals surface area contributed by atoms with Crippen molar-refractivity contribution in [3.63, 3.8) is 0 Å². The van der Waals surface area contributed by atoms with Crippen LogP contribution in [-0.2, 0) is 12.8 Å². The fourth-order valence-corrected chi connectivity index (χ4v) is 2.85. The van der Waals surface area contributed by atoms with Crippen molar-refractivity contribution in [2.75, 3.05) is 0 Å². The highest BCUT2D eigenvalue weighted by Crippen LogP contribution is 2.30. The molecule has 12 heteroatoms. The van der Waals surface area contributed by atoms with Crippen molar-refractivity contribution in [1.82, 2.24) is 15.1 Å². The number of aromatic amines is 1. The molecule has 0 aliphatic carbocycles. The van der Waals surface area contributed by atoms with Crippen LogP contribution in [0.1, 0.15) is 11.1 Å². The van der Waals surface area contributed by atoms with E-state index in [2.05, 4.69) is 15.1 Å². The monoisotopic (exact) mass is 458 g/mol. The zero-order valence-electron chi connectivity index (χ0n) is 16.5. The molecular weight excluding hydrogens is 445 g/mol. The molecule has 1 N–H and O–H groups in total. The molecular formula is C21H13F3N4O5. The van der Waals surface area contributed by atoms with Gasteiger partial charge in [-0.1, -0.05) is 29.4 Å². The average molecular weight is 458 g/mol. The zero-order chi connectivity index (χ0) is 23.6. The van der Waals surface area contributed by atoms with E-state index in [-0.39, 0.29) is 23.9 Å². The number of pyridine rings is 1. The van der Waals surface area contributed by atoms with Gasteiger partial charge in [0, 0.05) is 17.8 Å². The summed E-state index contributed by atoms with van der Waals surface area (Å²) in [6, 6.07) is 12.3. The summed E-state index contributed by atoms with van der Waals surface area (Å²) in [5.41, 5.74) is -0.736. The first kappa shape index (κ1) is 21.7. The molecule has 0 saturated heterocycles. The highest BCUT2D eigenvalue weighted by atomic mass is 19.4. The molecule has 0 bridgehead atoms. The van der Waals surface area contributed by atoms with Crippen molar-refractivity contribution in [2.45, 2.75) is 12.8 Å². The Kier molecular flexibility index (Phi) is 5.65. The molecule has 2 heterocycles. The summed E-state index contributed by atoms with van der Waals surface area (Å²) in [5.74, 6) is 0.498. The van der Waals surface area contributed by atoms with E-state index in [1.807, 2.05) is 0 Å². The van der Waals surface area contributed by atoms with Gasteiger partial charge in [-0.15, -0.1) is 0 Å². The van der Waals surface area contributed by atoms with Crippen LogP contribution in [0.4, 0.5) is 18.9 Å². The number of hydrogen-bond donors (Lipinski definition) is 1. The van der Waals surface area contributed by atoms with Gasteiger partial charge in [0.1, 0.15) is 12.4 Å². The number of rotatable bonds is 6. The molecule has 168 valence electrons. The maximum atomic E-state index is 12.6. The van der Waals surface area contributed by atoms with Crippen LogP contribution < -0.4 is 10.3 Å². The van der Waals surface area contributed by atoms with Crippen molar-refractivity contribution in [3.05, 3.63) is 92.4 Å². The number of aromatic nitrogens is 3. The molecule has 4 aromatic rings. The molecule has 0 aliphatic rings. The van der Waals surface area contributed by atoms with Crippen LogP contribution in [-0.4, -0.2) is 20.0 Å². The van der Waals surface area contributed by atoms with Crippen molar-refractivity contribution in [1.29, 1.82) is 0 Å². The van der Waals surface area contributed by atoms with Gasteiger partial charge in [0.15, 0.2) is 0 Å². The predicted octanol–water partition coefficient (Wildman–Crippen LogP) is 4.60. The molecule has 0 amide bonds. The lowest BCUT2D eigenvalue weighted by Crippen LogP contribution is -2.10. The number of nitro groups is 1. The van der Waals surface area contributed by atoms with Gasteiger partial charge in [0.2, 0.25) is 5.82 Å². The topological polar surface area (TPSA) is 124 Å². The normalized spacial score (nSPS) is 11.4. The minimum atomic E-state index is -4.41. The van der Waals surface area contributed by atoms with Crippen LogP contribution in [0.5, 0.6) is 5.75 Å². The molecule has 0 atom stereocenters. The minimum Gasteiger partial charge on any atom is -0.489 e. The number of nitrogens with zero attached hydrogens (tertiary/aromatic N) is 3. The van der Waals surface area contributed by atoms with Gasteiger partial charge in [-0.3, -0.25) is 14.9 Å². The quantitative estimate of drug-likeness (QED) is 0.331. The van der Waals surface area contributed by atoms with E-state index < -0.39 is 27.9 Å². The highest BCUT2D eigenvalue weighted by molar-refractivity contribution is 5.61. The lowest BCUT2D eigenvalue weighted by atomic mass is 10.1. The second-order valence-corrected chi connectivity index (χ2v) is 6.79. The summed E-state index contributed by atoms with van der Waals surface area (Å²) in [7, 11) is 0. The summed E-state index contributed by atoms with van der Waals surface area (Å²) in [4.78, 5) is 28.0. The maximum Gasteiger partial charge on any atom is 0.416 e. The molecule has 4 rings (SSSR count). The van der Waals surface area contributed by atoms with Crippen LogP contribution in [0.3, 0.4) is 0 Å². The van der Waals surface area contributed by atoms with Crippen molar-refractivity contribution in [3.8, 4) is 28.6 Å². The highest BCUT2D eigenvalue weighted by Gasteiger charge is 2.30. The van der Waals surface area contributed by atoms with E-state index in [1.165, 1.54) is 18.3 Å². The van der Waals surface area contributed by atoms with E-state index in [9.17, 15) is 28.1 Å². The molecule has 9 nitrogen and oxygen atoms in total. The smallest absolute Gasteiger partial charge is 0.416 e. The summed E-state index contributed by atoms with van der Waals surface area (Å²) in [6.07, 6.45) is -3.18. The van der Waals surface area contributed by atoms with Gasteiger partial charge in [0.05, 0.1) is 16.1 Å². The zero-order valence-corrected chi connectivity index (χ0v) is 16.5.